The third-order valence-corrected chi connectivity index (χ3v) is 5.05. The van der Waals surface area contributed by atoms with E-state index in [0.29, 0.717) is 12.0 Å². The number of methoxy groups -OCH3 is 1. The lowest BCUT2D eigenvalue weighted by molar-refractivity contribution is 0.187. The van der Waals surface area contributed by atoms with Gasteiger partial charge in [0, 0.05) is 26.4 Å². The van der Waals surface area contributed by atoms with Crippen LogP contribution in [0.1, 0.15) is 22.7 Å². The second-order valence-corrected chi connectivity index (χ2v) is 6.74. The molecule has 1 spiro atoms. The summed E-state index contributed by atoms with van der Waals surface area (Å²) in [6.07, 6.45) is 4.64. The van der Waals surface area contributed by atoms with E-state index in [2.05, 4.69) is 15.2 Å². The highest BCUT2D eigenvalue weighted by molar-refractivity contribution is 7.11. The fraction of sp³-hybridized carbons (Fsp3) is 0.769. The van der Waals surface area contributed by atoms with Gasteiger partial charge in [-0.05, 0) is 31.3 Å². The molecule has 2 saturated heterocycles. The minimum absolute atomic E-state index is 0.562. The largest absolute Gasteiger partial charge is 0.379 e. The van der Waals surface area contributed by atoms with Gasteiger partial charge in [0.15, 0.2) is 0 Å². The monoisotopic (exact) mass is 267 g/mol. The SMILES string of the molecule is COCc1cnc(CN2CCC3(CCNC3)C2)s1. The van der Waals surface area contributed by atoms with Gasteiger partial charge in [-0.2, -0.15) is 0 Å². The number of likely N-dealkylation sites (tertiary alicyclic amines) is 1. The maximum atomic E-state index is 5.14. The molecule has 3 heterocycles. The Balaban J connectivity index is 1.56. The van der Waals surface area contributed by atoms with Crippen LogP contribution in [0.15, 0.2) is 6.20 Å². The maximum Gasteiger partial charge on any atom is 0.107 e. The standard InChI is InChI=1S/C13H21N3OS/c1-17-8-11-6-15-12(18-11)7-16-5-3-13(10-16)2-4-14-9-13/h6,14H,2-5,7-10H2,1H3. The molecule has 0 aromatic carbocycles. The van der Waals surface area contributed by atoms with Crippen molar-refractivity contribution in [2.45, 2.75) is 26.0 Å². The molecule has 0 saturated carbocycles. The highest BCUT2D eigenvalue weighted by Gasteiger charge is 2.40. The average Bonchev–Trinajstić information content (AvgIpc) is 3.06. The van der Waals surface area contributed by atoms with Gasteiger partial charge >= 0.3 is 0 Å². The number of rotatable bonds is 4. The van der Waals surface area contributed by atoms with E-state index in [4.69, 9.17) is 4.74 Å². The molecule has 0 bridgehead atoms. The van der Waals surface area contributed by atoms with E-state index in [1.54, 1.807) is 18.4 Å². The molecule has 1 aromatic rings. The van der Waals surface area contributed by atoms with Gasteiger partial charge < -0.3 is 10.1 Å². The van der Waals surface area contributed by atoms with Crippen molar-refractivity contribution in [3.8, 4) is 0 Å². The lowest BCUT2D eigenvalue weighted by atomic mass is 9.87. The summed E-state index contributed by atoms with van der Waals surface area (Å²) < 4.78 is 5.14. The first kappa shape index (κ1) is 12.5. The molecule has 5 heteroatoms. The number of aromatic nitrogens is 1. The molecule has 0 aliphatic carbocycles. The van der Waals surface area contributed by atoms with Crippen molar-refractivity contribution in [1.29, 1.82) is 0 Å². The van der Waals surface area contributed by atoms with E-state index in [1.807, 2.05) is 6.20 Å². The molecule has 1 N–H and O–H groups in total. The Morgan fingerprint density at radius 3 is 3.28 bits per heavy atom. The first-order valence-electron chi connectivity index (χ1n) is 6.65. The van der Waals surface area contributed by atoms with Crippen LogP contribution in [-0.4, -0.2) is 43.2 Å². The maximum absolute atomic E-state index is 5.14. The highest BCUT2D eigenvalue weighted by Crippen LogP contribution is 2.36. The molecule has 0 amide bonds. The van der Waals surface area contributed by atoms with Gasteiger partial charge in [0.05, 0.1) is 18.0 Å². The molecule has 3 rings (SSSR count). The topological polar surface area (TPSA) is 37.4 Å². The summed E-state index contributed by atoms with van der Waals surface area (Å²) in [6, 6.07) is 0. The molecular weight excluding hydrogens is 246 g/mol. The molecule has 2 fully saturated rings. The average molecular weight is 267 g/mol. The molecule has 18 heavy (non-hydrogen) atoms. The van der Waals surface area contributed by atoms with Gasteiger partial charge in [0.1, 0.15) is 5.01 Å². The van der Waals surface area contributed by atoms with Crippen molar-refractivity contribution < 1.29 is 4.74 Å². The molecule has 1 atom stereocenters. The summed E-state index contributed by atoms with van der Waals surface area (Å²) in [5, 5.41) is 4.73. The van der Waals surface area contributed by atoms with Crippen LogP contribution in [0, 0.1) is 5.41 Å². The summed E-state index contributed by atoms with van der Waals surface area (Å²) in [7, 11) is 1.73. The van der Waals surface area contributed by atoms with Crippen LogP contribution in [0.3, 0.4) is 0 Å². The Bertz CT molecular complexity index is 401. The Morgan fingerprint density at radius 2 is 2.50 bits per heavy atom. The summed E-state index contributed by atoms with van der Waals surface area (Å²) in [5.41, 5.74) is 0.562. The second-order valence-electron chi connectivity index (χ2n) is 5.54. The molecule has 1 unspecified atom stereocenters. The zero-order valence-electron chi connectivity index (χ0n) is 10.9. The van der Waals surface area contributed by atoms with Crippen molar-refractivity contribution in [2.75, 3.05) is 33.3 Å². The number of thiazole rings is 1. The van der Waals surface area contributed by atoms with Crippen molar-refractivity contribution in [1.82, 2.24) is 15.2 Å². The van der Waals surface area contributed by atoms with Crippen LogP contribution in [0.5, 0.6) is 0 Å². The lowest BCUT2D eigenvalue weighted by Gasteiger charge is -2.22. The van der Waals surface area contributed by atoms with Crippen molar-refractivity contribution in [3.05, 3.63) is 16.1 Å². The smallest absolute Gasteiger partial charge is 0.107 e. The van der Waals surface area contributed by atoms with Crippen LogP contribution in [0.2, 0.25) is 0 Å². The number of nitrogens with zero attached hydrogens (tertiary/aromatic N) is 2. The Kier molecular flexibility index (Phi) is 3.66. The summed E-state index contributed by atoms with van der Waals surface area (Å²) in [4.78, 5) is 8.28. The van der Waals surface area contributed by atoms with E-state index < -0.39 is 0 Å². The summed E-state index contributed by atoms with van der Waals surface area (Å²) in [6.45, 7) is 6.56. The molecule has 2 aliphatic rings. The van der Waals surface area contributed by atoms with Crippen molar-refractivity contribution >= 4 is 11.3 Å². The fourth-order valence-electron chi connectivity index (χ4n) is 3.13. The number of hydrogen-bond acceptors (Lipinski definition) is 5. The summed E-state index contributed by atoms with van der Waals surface area (Å²) in [5.74, 6) is 0. The second kappa shape index (κ2) is 5.25. The van der Waals surface area contributed by atoms with Crippen molar-refractivity contribution in [2.24, 2.45) is 5.41 Å². The van der Waals surface area contributed by atoms with Crippen LogP contribution in [-0.2, 0) is 17.9 Å². The third kappa shape index (κ3) is 2.59. The van der Waals surface area contributed by atoms with Crippen LogP contribution >= 0.6 is 11.3 Å². The Labute approximate surface area is 112 Å². The van der Waals surface area contributed by atoms with Gasteiger partial charge in [-0.3, -0.25) is 4.90 Å². The fourth-order valence-corrected chi connectivity index (χ4v) is 4.07. The molecule has 1 aromatic heterocycles. The van der Waals surface area contributed by atoms with Crippen LogP contribution < -0.4 is 5.32 Å². The van der Waals surface area contributed by atoms with E-state index in [0.717, 1.165) is 6.54 Å². The minimum Gasteiger partial charge on any atom is -0.379 e. The van der Waals surface area contributed by atoms with Gasteiger partial charge in [-0.1, -0.05) is 0 Å². The van der Waals surface area contributed by atoms with Gasteiger partial charge in [-0.15, -0.1) is 11.3 Å². The number of hydrogen-bond donors (Lipinski definition) is 1. The Morgan fingerprint density at radius 1 is 1.56 bits per heavy atom. The molecule has 4 nitrogen and oxygen atoms in total. The first-order valence-corrected chi connectivity index (χ1v) is 7.47. The minimum atomic E-state index is 0.562. The lowest BCUT2D eigenvalue weighted by Crippen LogP contribution is -2.28. The van der Waals surface area contributed by atoms with Crippen LogP contribution in [0.25, 0.3) is 0 Å². The zero-order valence-corrected chi connectivity index (χ0v) is 11.8. The predicted molar refractivity (Wildman–Crippen MR) is 72.6 cm³/mol. The highest BCUT2D eigenvalue weighted by atomic mass is 32.1. The van der Waals surface area contributed by atoms with E-state index in [9.17, 15) is 0 Å². The first-order chi connectivity index (χ1) is 8.80. The Hall–Kier alpha value is -0.490. The number of nitrogens with one attached hydrogen (secondary N) is 1. The third-order valence-electron chi connectivity index (χ3n) is 4.10. The molecule has 100 valence electrons. The normalized spacial score (nSPS) is 28.5. The zero-order chi connectivity index (χ0) is 12.4. The van der Waals surface area contributed by atoms with Gasteiger partial charge in [0.2, 0.25) is 0 Å². The molecule has 2 aliphatic heterocycles. The summed E-state index contributed by atoms with van der Waals surface area (Å²) >= 11 is 1.78. The van der Waals surface area contributed by atoms with E-state index in [-0.39, 0.29) is 0 Å². The quantitative estimate of drug-likeness (QED) is 0.896. The predicted octanol–water partition coefficient (Wildman–Crippen LogP) is 1.47. The van der Waals surface area contributed by atoms with Gasteiger partial charge in [0.25, 0.3) is 0 Å². The van der Waals surface area contributed by atoms with E-state index in [1.165, 1.54) is 48.9 Å². The van der Waals surface area contributed by atoms with Crippen LogP contribution in [0.4, 0.5) is 0 Å². The van der Waals surface area contributed by atoms with Crippen molar-refractivity contribution in [3.63, 3.8) is 0 Å². The van der Waals surface area contributed by atoms with E-state index >= 15 is 0 Å². The molecule has 0 radical (unpaired) electrons. The molecular formula is C13H21N3OS. The van der Waals surface area contributed by atoms with Gasteiger partial charge in [-0.25, -0.2) is 4.98 Å². The number of ether oxygens (including phenoxy) is 1.